The third-order valence-corrected chi connectivity index (χ3v) is 3.90. The van der Waals surface area contributed by atoms with Gasteiger partial charge in [-0.15, -0.1) is 0 Å². The Morgan fingerprint density at radius 2 is 1.56 bits per heavy atom. The van der Waals surface area contributed by atoms with Crippen LogP contribution in [-0.2, 0) is 9.47 Å². The van der Waals surface area contributed by atoms with Crippen LogP contribution in [0.3, 0.4) is 0 Å². The van der Waals surface area contributed by atoms with Crippen LogP contribution in [0.25, 0.3) is 0 Å². The molecule has 2 unspecified atom stereocenters. The van der Waals surface area contributed by atoms with Crippen LogP contribution in [0.1, 0.15) is 25.7 Å². The molecule has 0 radical (unpaired) electrons. The van der Waals surface area contributed by atoms with Gasteiger partial charge in [0.25, 0.3) is 0 Å². The van der Waals surface area contributed by atoms with Crippen molar-refractivity contribution in [1.29, 1.82) is 0 Å². The Hall–Kier alpha value is 0.360. The molecule has 4 heteroatoms. The molecule has 2 aliphatic heterocycles. The van der Waals surface area contributed by atoms with Gasteiger partial charge in [-0.05, 0) is 31.6 Å². The predicted octanol–water partition coefficient (Wildman–Crippen LogP) is 2.21. The molecule has 16 heavy (non-hydrogen) atoms. The summed E-state index contributed by atoms with van der Waals surface area (Å²) in [5.74, 6) is 1.20. The van der Waals surface area contributed by atoms with Gasteiger partial charge in [-0.1, -0.05) is 15.9 Å². The van der Waals surface area contributed by atoms with E-state index in [4.69, 9.17) is 14.6 Å². The molecule has 3 nitrogen and oxygen atoms in total. The van der Waals surface area contributed by atoms with Gasteiger partial charge in [0.15, 0.2) is 0 Å². The second-order valence-electron chi connectivity index (χ2n) is 4.50. The predicted molar refractivity (Wildman–Crippen MR) is 68.0 cm³/mol. The van der Waals surface area contributed by atoms with Gasteiger partial charge in [0.05, 0.1) is 13.2 Å². The summed E-state index contributed by atoms with van der Waals surface area (Å²) in [5, 5.41) is 9.72. The molecule has 0 spiro atoms. The molecule has 0 bridgehead atoms. The smallest absolute Gasteiger partial charge is 0.0516 e. The molecule has 2 aliphatic rings. The van der Waals surface area contributed by atoms with Crippen molar-refractivity contribution in [3.05, 3.63) is 0 Å². The van der Waals surface area contributed by atoms with E-state index < -0.39 is 0 Å². The maximum absolute atomic E-state index is 8.61. The first kappa shape index (κ1) is 14.4. The van der Waals surface area contributed by atoms with E-state index in [0.717, 1.165) is 50.5 Å². The number of hydrogen-bond acceptors (Lipinski definition) is 3. The van der Waals surface area contributed by atoms with Crippen molar-refractivity contribution in [3.63, 3.8) is 0 Å². The normalized spacial score (nSPS) is 30.4. The molecule has 0 aromatic carbocycles. The highest BCUT2D eigenvalue weighted by Crippen LogP contribution is 2.14. The molecular formula is C12H23BrO3. The Bertz CT molecular complexity index is 136. The van der Waals surface area contributed by atoms with Gasteiger partial charge in [-0.2, -0.15) is 0 Å². The fraction of sp³-hybridized carbons (Fsp3) is 1.00. The molecule has 2 fully saturated rings. The number of alkyl halides is 1. The Morgan fingerprint density at radius 3 is 1.81 bits per heavy atom. The van der Waals surface area contributed by atoms with Crippen LogP contribution in [0.15, 0.2) is 0 Å². The second-order valence-corrected chi connectivity index (χ2v) is 5.15. The minimum Gasteiger partial charge on any atom is -0.396 e. The van der Waals surface area contributed by atoms with Gasteiger partial charge >= 0.3 is 0 Å². The van der Waals surface area contributed by atoms with Crippen LogP contribution in [0.2, 0.25) is 0 Å². The zero-order chi connectivity index (χ0) is 11.6. The Labute approximate surface area is 107 Å². The molecule has 2 atom stereocenters. The van der Waals surface area contributed by atoms with Crippen LogP contribution < -0.4 is 0 Å². The molecule has 2 saturated heterocycles. The molecule has 1 N–H and O–H groups in total. The van der Waals surface area contributed by atoms with E-state index in [0.29, 0.717) is 12.5 Å². The van der Waals surface area contributed by atoms with Crippen LogP contribution >= 0.6 is 15.9 Å². The molecule has 0 saturated carbocycles. The first-order chi connectivity index (χ1) is 7.86. The fourth-order valence-corrected chi connectivity index (χ4v) is 2.39. The molecule has 0 aromatic heterocycles. The Morgan fingerprint density at radius 1 is 1.00 bits per heavy atom. The first-order valence-corrected chi connectivity index (χ1v) is 7.31. The molecule has 96 valence electrons. The van der Waals surface area contributed by atoms with Crippen molar-refractivity contribution in [2.75, 3.05) is 38.4 Å². The lowest BCUT2D eigenvalue weighted by Crippen LogP contribution is -2.19. The summed E-state index contributed by atoms with van der Waals surface area (Å²) in [6, 6.07) is 0. The van der Waals surface area contributed by atoms with Gasteiger partial charge in [0, 0.05) is 31.1 Å². The van der Waals surface area contributed by atoms with Gasteiger partial charge < -0.3 is 14.6 Å². The van der Waals surface area contributed by atoms with Crippen molar-refractivity contribution in [1.82, 2.24) is 0 Å². The van der Waals surface area contributed by atoms with Crippen LogP contribution in [-0.4, -0.2) is 43.5 Å². The van der Waals surface area contributed by atoms with Gasteiger partial charge in [0.2, 0.25) is 0 Å². The number of hydrogen-bond donors (Lipinski definition) is 1. The highest BCUT2D eigenvalue weighted by atomic mass is 79.9. The van der Waals surface area contributed by atoms with Crippen molar-refractivity contribution in [2.24, 2.45) is 11.8 Å². The van der Waals surface area contributed by atoms with Gasteiger partial charge in [-0.3, -0.25) is 0 Å². The standard InChI is InChI=1S/C6H11BrO.C6H12O2/c2*7-4-6-2-1-3-8-5-6/h6H,1-5H2;6-7H,1-5H2. The molecule has 2 heterocycles. The summed E-state index contributed by atoms with van der Waals surface area (Å²) in [6.07, 6.45) is 4.84. The van der Waals surface area contributed by atoms with Crippen molar-refractivity contribution >= 4 is 15.9 Å². The van der Waals surface area contributed by atoms with E-state index >= 15 is 0 Å². The summed E-state index contributed by atoms with van der Waals surface area (Å²) < 4.78 is 10.4. The average molecular weight is 295 g/mol. The van der Waals surface area contributed by atoms with Crippen molar-refractivity contribution < 1.29 is 14.6 Å². The van der Waals surface area contributed by atoms with E-state index in [1.807, 2.05) is 0 Å². The van der Waals surface area contributed by atoms with Crippen LogP contribution in [0.4, 0.5) is 0 Å². The van der Waals surface area contributed by atoms with Crippen molar-refractivity contribution in [2.45, 2.75) is 25.7 Å². The van der Waals surface area contributed by atoms with Crippen molar-refractivity contribution in [3.8, 4) is 0 Å². The van der Waals surface area contributed by atoms with E-state index in [2.05, 4.69) is 15.9 Å². The number of halogens is 1. The van der Waals surface area contributed by atoms with E-state index in [1.54, 1.807) is 0 Å². The minimum absolute atomic E-state index is 0.292. The van der Waals surface area contributed by atoms with Gasteiger partial charge in [-0.25, -0.2) is 0 Å². The average Bonchev–Trinajstić information content (AvgIpc) is 2.41. The third-order valence-electron chi connectivity index (χ3n) is 2.99. The Balaban J connectivity index is 0.000000160. The summed E-state index contributed by atoms with van der Waals surface area (Å²) in [5.41, 5.74) is 0. The molecule has 0 aromatic rings. The molecular weight excluding hydrogens is 272 g/mol. The second kappa shape index (κ2) is 9.40. The lowest BCUT2D eigenvalue weighted by Gasteiger charge is -2.19. The number of aliphatic hydroxyl groups is 1. The van der Waals surface area contributed by atoms with E-state index in [-0.39, 0.29) is 0 Å². The van der Waals surface area contributed by atoms with E-state index in [9.17, 15) is 0 Å². The Kier molecular flexibility index (Phi) is 8.47. The monoisotopic (exact) mass is 294 g/mol. The highest BCUT2D eigenvalue weighted by molar-refractivity contribution is 9.09. The third kappa shape index (κ3) is 6.18. The maximum atomic E-state index is 8.61. The zero-order valence-electron chi connectivity index (χ0n) is 9.87. The summed E-state index contributed by atoms with van der Waals surface area (Å²) in [6.45, 7) is 3.88. The van der Waals surface area contributed by atoms with E-state index in [1.165, 1.54) is 12.8 Å². The number of rotatable bonds is 2. The quantitative estimate of drug-likeness (QED) is 0.794. The molecule has 2 rings (SSSR count). The molecule has 0 aliphatic carbocycles. The maximum Gasteiger partial charge on any atom is 0.0516 e. The zero-order valence-corrected chi connectivity index (χ0v) is 11.5. The van der Waals surface area contributed by atoms with Crippen LogP contribution in [0, 0.1) is 11.8 Å². The largest absolute Gasteiger partial charge is 0.396 e. The van der Waals surface area contributed by atoms with Crippen LogP contribution in [0.5, 0.6) is 0 Å². The first-order valence-electron chi connectivity index (χ1n) is 6.19. The fourth-order valence-electron chi connectivity index (χ4n) is 1.88. The summed E-state index contributed by atoms with van der Waals surface area (Å²) >= 11 is 3.43. The minimum atomic E-state index is 0.292. The lowest BCUT2D eigenvalue weighted by molar-refractivity contribution is 0.0304. The number of ether oxygens (including phenoxy) is 2. The summed E-state index contributed by atoms with van der Waals surface area (Å²) in [4.78, 5) is 0. The SMILES string of the molecule is BrCC1CCCOC1.OCC1CCCOC1. The highest BCUT2D eigenvalue weighted by Gasteiger charge is 2.11. The lowest BCUT2D eigenvalue weighted by atomic mass is 10.0. The molecule has 0 amide bonds. The topological polar surface area (TPSA) is 38.7 Å². The van der Waals surface area contributed by atoms with Gasteiger partial charge in [0.1, 0.15) is 0 Å². The number of aliphatic hydroxyl groups excluding tert-OH is 1. The summed E-state index contributed by atoms with van der Waals surface area (Å²) in [7, 11) is 0.